The number of hydrogen-bond acceptors (Lipinski definition) is 9. The molecule has 0 spiro atoms. The highest BCUT2D eigenvalue weighted by Crippen LogP contribution is 2.41. The number of sulfonamides is 1. The van der Waals surface area contributed by atoms with Crippen LogP contribution in [0.4, 0.5) is 17.1 Å². The smallest absolute Gasteiger partial charge is 0.295 e. The molecular formula is C23H19N3O9S3. The lowest BCUT2D eigenvalue weighted by Crippen LogP contribution is -2.12. The molecule has 38 heavy (non-hydrogen) atoms. The second-order valence-electron chi connectivity index (χ2n) is 8.02. The first kappa shape index (κ1) is 27.2. The summed E-state index contributed by atoms with van der Waals surface area (Å²) in [5, 5.41) is 17.8. The fraction of sp³-hybridized carbons (Fsp3) is 0.0435. The van der Waals surface area contributed by atoms with E-state index in [-0.39, 0.29) is 21.4 Å². The van der Waals surface area contributed by atoms with Crippen LogP contribution in [0.3, 0.4) is 0 Å². The van der Waals surface area contributed by atoms with Crippen LogP contribution < -0.4 is 4.72 Å². The number of aromatic hydroxyl groups is 1. The van der Waals surface area contributed by atoms with Gasteiger partial charge in [0.1, 0.15) is 16.3 Å². The summed E-state index contributed by atoms with van der Waals surface area (Å²) in [7, 11) is -13.9. The molecule has 198 valence electrons. The van der Waals surface area contributed by atoms with Crippen LogP contribution in [0.2, 0.25) is 0 Å². The molecule has 0 fully saturated rings. The summed E-state index contributed by atoms with van der Waals surface area (Å²) in [5.74, 6) is -0.571. The highest BCUT2D eigenvalue weighted by Gasteiger charge is 2.24. The Morgan fingerprint density at radius 2 is 1.42 bits per heavy atom. The molecule has 0 atom stereocenters. The quantitative estimate of drug-likeness (QED) is 0.179. The van der Waals surface area contributed by atoms with Gasteiger partial charge in [-0.15, -0.1) is 5.11 Å². The van der Waals surface area contributed by atoms with E-state index in [0.717, 1.165) is 18.2 Å². The number of hydrogen-bond donors (Lipinski definition) is 4. The Kier molecular flexibility index (Phi) is 6.98. The van der Waals surface area contributed by atoms with E-state index in [1.807, 2.05) is 0 Å². The molecule has 0 bridgehead atoms. The molecule has 4 rings (SSSR count). The van der Waals surface area contributed by atoms with Gasteiger partial charge >= 0.3 is 0 Å². The van der Waals surface area contributed by atoms with Crippen molar-refractivity contribution in [1.29, 1.82) is 0 Å². The van der Waals surface area contributed by atoms with Crippen molar-refractivity contribution in [3.8, 4) is 5.75 Å². The lowest BCUT2D eigenvalue weighted by Gasteiger charge is -2.11. The molecule has 12 nitrogen and oxygen atoms in total. The Hall–Kier alpha value is -3.89. The predicted octanol–water partition coefficient (Wildman–Crippen LogP) is 4.56. The second kappa shape index (κ2) is 9.77. The average Bonchev–Trinajstić information content (AvgIpc) is 2.82. The summed E-state index contributed by atoms with van der Waals surface area (Å²) in [6.07, 6.45) is 0. The number of nitrogens with one attached hydrogen (secondary N) is 1. The Labute approximate surface area is 217 Å². The van der Waals surface area contributed by atoms with Gasteiger partial charge in [-0.1, -0.05) is 30.3 Å². The van der Waals surface area contributed by atoms with Gasteiger partial charge < -0.3 is 5.11 Å². The van der Waals surface area contributed by atoms with Crippen LogP contribution in [0.15, 0.2) is 97.7 Å². The first-order valence-electron chi connectivity index (χ1n) is 10.5. The third kappa shape index (κ3) is 5.66. The Balaban J connectivity index is 1.86. The predicted molar refractivity (Wildman–Crippen MR) is 138 cm³/mol. The molecule has 4 N–H and O–H groups in total. The van der Waals surface area contributed by atoms with E-state index in [1.54, 1.807) is 37.3 Å². The number of fused-ring (bicyclic) bond motifs is 1. The van der Waals surface area contributed by atoms with Gasteiger partial charge in [-0.2, -0.15) is 21.9 Å². The molecule has 0 unspecified atom stereocenters. The van der Waals surface area contributed by atoms with Crippen molar-refractivity contribution in [2.24, 2.45) is 10.2 Å². The number of anilines is 1. The summed E-state index contributed by atoms with van der Waals surface area (Å²) in [4.78, 5) is -1.92. The fourth-order valence-corrected chi connectivity index (χ4v) is 5.96. The standard InChI is InChI=1S/C23H19N3O9S3/c1-14-7-9-17(36(28,29)26-16-5-3-2-4-6-16)12-19(14)24-25-23-20(27)10-8-15-11-18(37(30,31)32)13-21(22(15)23)38(33,34)35/h2-13,26-27H,1H3,(H,30,31,32)(H,33,34,35). The van der Waals surface area contributed by atoms with Crippen molar-refractivity contribution >= 4 is 58.1 Å². The highest BCUT2D eigenvalue weighted by atomic mass is 32.2. The van der Waals surface area contributed by atoms with Crippen LogP contribution in [0.1, 0.15) is 5.56 Å². The first-order chi connectivity index (χ1) is 17.7. The molecule has 0 saturated carbocycles. The maximum atomic E-state index is 12.8. The fourth-order valence-electron chi connectivity index (χ4n) is 3.51. The van der Waals surface area contributed by atoms with Gasteiger partial charge in [0.15, 0.2) is 0 Å². The van der Waals surface area contributed by atoms with Gasteiger partial charge in [0.2, 0.25) is 0 Å². The SMILES string of the molecule is Cc1ccc(S(=O)(=O)Nc2ccccc2)cc1N=Nc1c(O)ccc2cc(S(=O)(=O)O)cc(S(=O)(=O)O)c12. The van der Waals surface area contributed by atoms with Crippen LogP contribution in [0.25, 0.3) is 10.8 Å². The van der Waals surface area contributed by atoms with Crippen LogP contribution in [-0.2, 0) is 30.3 Å². The van der Waals surface area contributed by atoms with E-state index >= 15 is 0 Å². The zero-order valence-corrected chi connectivity index (χ0v) is 21.8. The van der Waals surface area contributed by atoms with E-state index in [4.69, 9.17) is 0 Å². The second-order valence-corrected chi connectivity index (χ2v) is 12.5. The largest absolute Gasteiger partial charge is 0.506 e. The number of para-hydroxylation sites is 1. The molecule has 0 aliphatic rings. The van der Waals surface area contributed by atoms with Crippen LogP contribution in [0, 0.1) is 6.92 Å². The maximum Gasteiger partial charge on any atom is 0.295 e. The van der Waals surface area contributed by atoms with E-state index in [1.165, 1.54) is 18.2 Å². The third-order valence-corrected chi connectivity index (χ3v) is 8.44. The van der Waals surface area contributed by atoms with Crippen molar-refractivity contribution in [3.05, 3.63) is 78.4 Å². The van der Waals surface area contributed by atoms with Crippen molar-refractivity contribution in [3.63, 3.8) is 0 Å². The van der Waals surface area contributed by atoms with Crippen molar-refractivity contribution in [2.45, 2.75) is 21.6 Å². The van der Waals surface area contributed by atoms with Gasteiger partial charge in [-0.05, 0) is 60.3 Å². The lowest BCUT2D eigenvalue weighted by molar-refractivity contribution is 0.477. The third-order valence-electron chi connectivity index (χ3n) is 5.36. The van der Waals surface area contributed by atoms with Crippen LogP contribution >= 0.6 is 0 Å². The molecule has 0 radical (unpaired) electrons. The minimum atomic E-state index is -5.07. The van der Waals surface area contributed by atoms with Gasteiger partial charge in [0, 0.05) is 11.1 Å². The minimum absolute atomic E-state index is 0.0558. The molecule has 0 aromatic heterocycles. The molecule has 0 aliphatic heterocycles. The molecule has 0 aliphatic carbocycles. The summed E-state index contributed by atoms with van der Waals surface area (Å²) in [5.41, 5.74) is 0.419. The summed E-state index contributed by atoms with van der Waals surface area (Å²) in [6, 6.07) is 15.9. The Morgan fingerprint density at radius 1 is 0.737 bits per heavy atom. The highest BCUT2D eigenvalue weighted by molar-refractivity contribution is 7.92. The van der Waals surface area contributed by atoms with Crippen LogP contribution in [-0.4, -0.2) is 39.5 Å². The average molecular weight is 578 g/mol. The van der Waals surface area contributed by atoms with Gasteiger partial charge in [0.25, 0.3) is 30.3 Å². The molecule has 0 heterocycles. The molecule has 4 aromatic carbocycles. The maximum absolute atomic E-state index is 12.8. The summed E-state index contributed by atoms with van der Waals surface area (Å²) < 4.78 is 94.6. The zero-order chi connectivity index (χ0) is 27.9. The normalized spacial score (nSPS) is 12.7. The van der Waals surface area contributed by atoms with Gasteiger partial charge in [0.05, 0.1) is 15.5 Å². The molecular weight excluding hydrogens is 558 g/mol. The van der Waals surface area contributed by atoms with E-state index in [0.29, 0.717) is 17.3 Å². The minimum Gasteiger partial charge on any atom is -0.506 e. The summed E-state index contributed by atoms with van der Waals surface area (Å²) >= 11 is 0. The van der Waals surface area contributed by atoms with Crippen molar-refractivity contribution < 1.29 is 39.5 Å². The number of phenols is 1. The van der Waals surface area contributed by atoms with Crippen LogP contribution in [0.5, 0.6) is 5.75 Å². The number of aryl methyl sites for hydroxylation is 1. The first-order valence-corrected chi connectivity index (χ1v) is 14.9. The number of azo groups is 1. The number of rotatable bonds is 7. The van der Waals surface area contributed by atoms with E-state index < -0.39 is 51.5 Å². The molecule has 0 amide bonds. The summed E-state index contributed by atoms with van der Waals surface area (Å²) in [6.45, 7) is 1.61. The number of phenolic OH excluding ortho intramolecular Hbond substituents is 1. The zero-order valence-electron chi connectivity index (χ0n) is 19.3. The Bertz CT molecular complexity index is 1920. The number of benzene rings is 4. The molecule has 15 heteroatoms. The van der Waals surface area contributed by atoms with Gasteiger partial charge in [-0.25, -0.2) is 8.42 Å². The van der Waals surface area contributed by atoms with Crippen molar-refractivity contribution in [2.75, 3.05) is 4.72 Å². The topological polar surface area (TPSA) is 200 Å². The lowest BCUT2D eigenvalue weighted by atomic mass is 10.1. The molecule has 0 saturated heterocycles. The van der Waals surface area contributed by atoms with E-state index in [9.17, 15) is 39.5 Å². The monoisotopic (exact) mass is 577 g/mol. The van der Waals surface area contributed by atoms with Crippen molar-refractivity contribution in [1.82, 2.24) is 0 Å². The van der Waals surface area contributed by atoms with E-state index in [2.05, 4.69) is 15.0 Å². The molecule has 4 aromatic rings. The Morgan fingerprint density at radius 3 is 2.05 bits per heavy atom. The van der Waals surface area contributed by atoms with Gasteiger partial charge in [-0.3, -0.25) is 13.8 Å². The number of nitrogens with zero attached hydrogens (tertiary/aromatic N) is 2.